The van der Waals surface area contributed by atoms with Crippen LogP contribution in [-0.4, -0.2) is 5.78 Å². The van der Waals surface area contributed by atoms with Gasteiger partial charge in [0.25, 0.3) is 0 Å². The third-order valence-electron chi connectivity index (χ3n) is 3.70. The lowest BCUT2D eigenvalue weighted by molar-refractivity contribution is 0.104. The maximum absolute atomic E-state index is 12.4. The van der Waals surface area contributed by atoms with Crippen molar-refractivity contribution in [2.75, 3.05) is 0 Å². The smallest absolute Gasteiger partial charge is 0.347 e. The van der Waals surface area contributed by atoms with Gasteiger partial charge in [0.15, 0.2) is 5.78 Å². The molecule has 3 nitrogen and oxygen atoms in total. The topological polar surface area (TPSA) is 47.3 Å². The van der Waals surface area contributed by atoms with Gasteiger partial charge in [0, 0.05) is 20.0 Å². The van der Waals surface area contributed by atoms with Crippen LogP contribution in [0.3, 0.4) is 0 Å². The monoisotopic (exact) mass is 364 g/mol. The van der Waals surface area contributed by atoms with Crippen molar-refractivity contribution >= 4 is 45.5 Å². The summed E-state index contributed by atoms with van der Waals surface area (Å²) in [5.74, 6) is -0.356. The Kier molecular flexibility index (Phi) is 4.17. The molecule has 0 saturated carbocycles. The summed E-state index contributed by atoms with van der Waals surface area (Å²) < 4.78 is 5.21. The molecule has 0 amide bonds. The fourth-order valence-electron chi connectivity index (χ4n) is 2.47. The minimum Gasteiger partial charge on any atom is -0.422 e. The molecule has 122 valence electrons. The first-order valence-electron chi connectivity index (χ1n) is 7.60. The molecular formula is C20H12O3S2. The molecule has 0 aliphatic carbocycles. The van der Waals surface area contributed by atoms with E-state index < -0.39 is 5.63 Å². The predicted octanol–water partition coefficient (Wildman–Crippen LogP) is 5.48. The fraction of sp³-hybridized carbons (Fsp3) is 0. The molecule has 4 aromatic rings. The Morgan fingerprint density at radius 2 is 1.88 bits per heavy atom. The second kappa shape index (κ2) is 6.63. The molecule has 0 fully saturated rings. The molecule has 0 aliphatic heterocycles. The van der Waals surface area contributed by atoms with Gasteiger partial charge in [0.05, 0.1) is 0 Å². The Bertz CT molecular complexity index is 1130. The van der Waals surface area contributed by atoms with E-state index in [0.717, 1.165) is 15.1 Å². The summed E-state index contributed by atoms with van der Waals surface area (Å²) in [7, 11) is 0. The first-order valence-corrected chi connectivity index (χ1v) is 9.29. The van der Waals surface area contributed by atoms with Crippen molar-refractivity contribution < 1.29 is 9.21 Å². The molecule has 0 N–H and O–H groups in total. The zero-order valence-corrected chi connectivity index (χ0v) is 14.6. The van der Waals surface area contributed by atoms with E-state index in [4.69, 9.17) is 4.42 Å². The van der Waals surface area contributed by atoms with Crippen LogP contribution in [-0.2, 0) is 0 Å². The highest BCUT2D eigenvalue weighted by Crippen LogP contribution is 2.32. The van der Waals surface area contributed by atoms with Gasteiger partial charge in [0.1, 0.15) is 11.1 Å². The molecule has 3 aromatic heterocycles. The third kappa shape index (κ3) is 3.24. The molecule has 25 heavy (non-hydrogen) atoms. The molecule has 4 rings (SSSR count). The SMILES string of the molecule is O=C(/C=C/c1ccc(-c2cccs2)s1)c1cc2ccccc2oc1=O. The van der Waals surface area contributed by atoms with Crippen LogP contribution in [0, 0.1) is 0 Å². The van der Waals surface area contributed by atoms with E-state index in [-0.39, 0.29) is 11.3 Å². The van der Waals surface area contributed by atoms with Crippen molar-refractivity contribution in [1.29, 1.82) is 0 Å². The number of carbonyl (C=O) groups excluding carboxylic acids is 1. The summed E-state index contributed by atoms with van der Waals surface area (Å²) in [5, 5.41) is 2.77. The van der Waals surface area contributed by atoms with Gasteiger partial charge >= 0.3 is 5.63 Å². The van der Waals surface area contributed by atoms with Crippen LogP contribution in [0.2, 0.25) is 0 Å². The van der Waals surface area contributed by atoms with Crippen molar-refractivity contribution in [3.8, 4) is 9.75 Å². The highest BCUT2D eigenvalue weighted by atomic mass is 32.1. The summed E-state index contributed by atoms with van der Waals surface area (Å²) in [6.45, 7) is 0. The van der Waals surface area contributed by atoms with E-state index in [1.807, 2.05) is 35.7 Å². The van der Waals surface area contributed by atoms with Gasteiger partial charge in [-0.2, -0.15) is 0 Å². The van der Waals surface area contributed by atoms with Gasteiger partial charge in [-0.25, -0.2) is 4.79 Å². The molecular weight excluding hydrogens is 352 g/mol. The number of thiophene rings is 2. The maximum Gasteiger partial charge on any atom is 0.347 e. The maximum atomic E-state index is 12.4. The van der Waals surface area contributed by atoms with E-state index in [1.165, 1.54) is 11.0 Å². The number of carbonyl (C=O) groups is 1. The van der Waals surface area contributed by atoms with E-state index in [9.17, 15) is 9.59 Å². The Balaban J connectivity index is 1.61. The van der Waals surface area contributed by atoms with Crippen molar-refractivity contribution in [2.24, 2.45) is 0 Å². The Labute approximate surface area is 151 Å². The predicted molar refractivity (Wildman–Crippen MR) is 103 cm³/mol. The van der Waals surface area contributed by atoms with Gasteiger partial charge in [-0.15, -0.1) is 22.7 Å². The van der Waals surface area contributed by atoms with Crippen LogP contribution in [0.1, 0.15) is 15.2 Å². The number of fused-ring (bicyclic) bond motifs is 1. The van der Waals surface area contributed by atoms with Crippen molar-refractivity contribution in [3.05, 3.63) is 86.9 Å². The highest BCUT2D eigenvalue weighted by molar-refractivity contribution is 7.21. The number of benzene rings is 1. The van der Waals surface area contributed by atoms with Gasteiger partial charge < -0.3 is 4.42 Å². The number of allylic oxidation sites excluding steroid dienone is 1. The summed E-state index contributed by atoms with van der Waals surface area (Å²) in [4.78, 5) is 27.7. The number of para-hydroxylation sites is 1. The van der Waals surface area contributed by atoms with E-state index in [2.05, 4.69) is 6.07 Å². The Hall–Kier alpha value is -2.76. The lowest BCUT2D eigenvalue weighted by Gasteiger charge is -1.98. The zero-order chi connectivity index (χ0) is 17.2. The molecule has 0 radical (unpaired) electrons. The summed E-state index contributed by atoms with van der Waals surface area (Å²) in [6, 6.07) is 16.8. The minimum absolute atomic E-state index is 0.0463. The standard InChI is InChI=1S/C20H12O3S2/c21-16(15-12-13-4-1-2-5-17(13)23-20(15)22)9-7-14-8-10-19(25-14)18-6-3-11-24-18/h1-12H/b9-7+. The molecule has 0 aliphatic rings. The largest absolute Gasteiger partial charge is 0.422 e. The number of hydrogen-bond acceptors (Lipinski definition) is 5. The molecule has 0 atom stereocenters. The zero-order valence-electron chi connectivity index (χ0n) is 13.0. The number of rotatable bonds is 4. The summed E-state index contributed by atoms with van der Waals surface area (Å²) in [5.41, 5.74) is -0.0873. The summed E-state index contributed by atoms with van der Waals surface area (Å²) >= 11 is 3.28. The molecule has 0 bridgehead atoms. The lowest BCUT2D eigenvalue weighted by Crippen LogP contribution is -2.11. The van der Waals surface area contributed by atoms with Crippen molar-refractivity contribution in [3.63, 3.8) is 0 Å². The van der Waals surface area contributed by atoms with Gasteiger partial charge in [-0.3, -0.25) is 4.79 Å². The van der Waals surface area contributed by atoms with Crippen LogP contribution >= 0.6 is 22.7 Å². The average Bonchev–Trinajstić information content (AvgIpc) is 3.30. The van der Waals surface area contributed by atoms with Crippen LogP contribution in [0.15, 0.2) is 75.3 Å². The van der Waals surface area contributed by atoms with Gasteiger partial charge in [0.2, 0.25) is 0 Å². The van der Waals surface area contributed by atoms with Crippen LogP contribution in [0.5, 0.6) is 0 Å². The molecule has 0 spiro atoms. The number of hydrogen-bond donors (Lipinski definition) is 0. The van der Waals surface area contributed by atoms with E-state index in [1.54, 1.807) is 46.9 Å². The van der Waals surface area contributed by atoms with Crippen LogP contribution in [0.4, 0.5) is 0 Å². The quantitative estimate of drug-likeness (QED) is 0.274. The molecule has 0 saturated heterocycles. The van der Waals surface area contributed by atoms with Crippen molar-refractivity contribution in [1.82, 2.24) is 0 Å². The van der Waals surface area contributed by atoms with Gasteiger partial charge in [-0.05, 0) is 47.9 Å². The molecule has 1 aromatic carbocycles. The Morgan fingerprint density at radius 1 is 1.00 bits per heavy atom. The normalized spacial score (nSPS) is 11.4. The fourth-order valence-corrected chi connectivity index (χ4v) is 4.22. The lowest BCUT2D eigenvalue weighted by atomic mass is 10.1. The number of ketones is 1. The Morgan fingerprint density at radius 3 is 2.72 bits per heavy atom. The first-order chi connectivity index (χ1) is 12.2. The molecule has 3 heterocycles. The van der Waals surface area contributed by atoms with E-state index in [0.29, 0.717) is 5.58 Å². The highest BCUT2D eigenvalue weighted by Gasteiger charge is 2.11. The van der Waals surface area contributed by atoms with Crippen LogP contribution in [0.25, 0.3) is 26.8 Å². The first kappa shape index (κ1) is 15.7. The molecule has 5 heteroatoms. The summed E-state index contributed by atoms with van der Waals surface area (Å²) in [6.07, 6.45) is 3.16. The third-order valence-corrected chi connectivity index (χ3v) is 5.81. The minimum atomic E-state index is -0.612. The van der Waals surface area contributed by atoms with Crippen LogP contribution < -0.4 is 5.63 Å². The second-order valence-corrected chi connectivity index (χ2v) is 7.43. The van der Waals surface area contributed by atoms with Crippen molar-refractivity contribution in [2.45, 2.75) is 0 Å². The van der Waals surface area contributed by atoms with Gasteiger partial charge in [-0.1, -0.05) is 24.3 Å². The molecule has 0 unspecified atom stereocenters. The average molecular weight is 364 g/mol. The van der Waals surface area contributed by atoms with E-state index >= 15 is 0 Å². The second-order valence-electron chi connectivity index (χ2n) is 5.36.